The molecule has 0 unspecified atom stereocenters. The molecule has 0 atom stereocenters. The summed E-state index contributed by atoms with van der Waals surface area (Å²) in [6, 6.07) is 5.80. The summed E-state index contributed by atoms with van der Waals surface area (Å²) in [5, 5.41) is 6.67. The molecule has 1 aromatic carbocycles. The van der Waals surface area contributed by atoms with Crippen molar-refractivity contribution < 1.29 is 18.0 Å². The van der Waals surface area contributed by atoms with Crippen molar-refractivity contribution in [2.75, 3.05) is 5.32 Å². The van der Waals surface area contributed by atoms with Crippen LogP contribution in [-0.4, -0.2) is 15.7 Å². The Morgan fingerprint density at radius 2 is 2.00 bits per heavy atom. The zero-order chi connectivity index (χ0) is 16.5. The fraction of sp³-hybridized carbons (Fsp3) is 0.286. The summed E-state index contributed by atoms with van der Waals surface area (Å²) in [5.74, 6) is -0.612. The highest BCUT2D eigenvalue weighted by Crippen LogP contribution is 2.29. The molecule has 8 heteroatoms. The van der Waals surface area contributed by atoms with Crippen LogP contribution in [0.15, 0.2) is 24.3 Å². The topological polar surface area (TPSA) is 46.9 Å². The third-order valence-corrected chi connectivity index (χ3v) is 3.19. The lowest BCUT2D eigenvalue weighted by molar-refractivity contribution is -0.144. The van der Waals surface area contributed by atoms with Crippen LogP contribution in [0.1, 0.15) is 17.0 Å². The van der Waals surface area contributed by atoms with Crippen molar-refractivity contribution in [2.24, 2.45) is 0 Å². The number of carbonyl (C=O) groups excluding carboxylic acids is 1. The number of rotatable bonds is 3. The molecule has 0 saturated heterocycles. The maximum absolute atomic E-state index is 12.8. The first kappa shape index (κ1) is 16.4. The largest absolute Gasteiger partial charge is 0.433 e. The molecule has 0 aliphatic carbocycles. The monoisotopic (exact) mass is 331 g/mol. The van der Waals surface area contributed by atoms with Gasteiger partial charge in [0.2, 0.25) is 5.91 Å². The molecule has 0 aliphatic rings. The lowest BCUT2D eigenvalue weighted by Crippen LogP contribution is -2.24. The smallest absolute Gasteiger partial charge is 0.324 e. The van der Waals surface area contributed by atoms with Gasteiger partial charge in [0.15, 0.2) is 0 Å². The minimum atomic E-state index is -4.56. The first-order valence-corrected chi connectivity index (χ1v) is 6.72. The number of hydrogen-bond donors (Lipinski definition) is 1. The van der Waals surface area contributed by atoms with Crippen LogP contribution in [0, 0.1) is 13.8 Å². The van der Waals surface area contributed by atoms with Gasteiger partial charge in [-0.1, -0.05) is 17.7 Å². The first-order chi connectivity index (χ1) is 10.2. The van der Waals surface area contributed by atoms with Gasteiger partial charge in [-0.2, -0.15) is 18.3 Å². The predicted octanol–water partition coefficient (Wildman–Crippen LogP) is 3.81. The highest BCUT2D eigenvalue weighted by atomic mass is 35.5. The minimum Gasteiger partial charge on any atom is -0.324 e. The van der Waals surface area contributed by atoms with Crippen LogP contribution in [0.25, 0.3) is 0 Å². The molecule has 4 nitrogen and oxygen atoms in total. The lowest BCUT2D eigenvalue weighted by Gasteiger charge is -2.12. The van der Waals surface area contributed by atoms with Crippen molar-refractivity contribution in [2.45, 2.75) is 26.6 Å². The van der Waals surface area contributed by atoms with Crippen LogP contribution >= 0.6 is 11.6 Å². The van der Waals surface area contributed by atoms with Crippen LogP contribution in [-0.2, 0) is 17.5 Å². The van der Waals surface area contributed by atoms with Gasteiger partial charge >= 0.3 is 6.18 Å². The van der Waals surface area contributed by atoms with Gasteiger partial charge in [-0.3, -0.25) is 9.48 Å². The van der Waals surface area contributed by atoms with Crippen LogP contribution in [0.3, 0.4) is 0 Å². The molecule has 2 rings (SSSR count). The summed E-state index contributed by atoms with van der Waals surface area (Å²) >= 11 is 5.83. The number of aryl methyl sites for hydroxylation is 2. The Labute approximate surface area is 129 Å². The van der Waals surface area contributed by atoms with E-state index in [4.69, 9.17) is 11.6 Å². The number of nitrogens with zero attached hydrogens (tertiary/aromatic N) is 2. The average molecular weight is 332 g/mol. The van der Waals surface area contributed by atoms with E-state index in [9.17, 15) is 18.0 Å². The molecule has 0 fully saturated rings. The van der Waals surface area contributed by atoms with Crippen LogP contribution in [0.2, 0.25) is 5.02 Å². The molecule has 1 heterocycles. The van der Waals surface area contributed by atoms with E-state index in [0.717, 1.165) is 11.6 Å². The van der Waals surface area contributed by atoms with E-state index in [1.54, 1.807) is 19.1 Å². The fourth-order valence-electron chi connectivity index (χ4n) is 1.95. The second kappa shape index (κ2) is 6.00. The Morgan fingerprint density at radius 3 is 2.64 bits per heavy atom. The Balaban J connectivity index is 2.18. The lowest BCUT2D eigenvalue weighted by atomic mass is 10.2. The SMILES string of the molecule is Cc1cc(C(F)(F)F)n(CC(=O)Nc2cc(Cl)ccc2C)n1. The van der Waals surface area contributed by atoms with Crippen molar-refractivity contribution in [1.29, 1.82) is 0 Å². The quantitative estimate of drug-likeness (QED) is 0.929. The van der Waals surface area contributed by atoms with E-state index in [2.05, 4.69) is 10.4 Å². The number of alkyl halides is 3. The second-order valence-corrected chi connectivity index (χ2v) is 5.27. The van der Waals surface area contributed by atoms with Crippen molar-refractivity contribution in [3.63, 3.8) is 0 Å². The van der Waals surface area contributed by atoms with Gasteiger partial charge in [0.1, 0.15) is 12.2 Å². The molecule has 1 aromatic heterocycles. The predicted molar refractivity (Wildman–Crippen MR) is 76.8 cm³/mol. The molecule has 22 heavy (non-hydrogen) atoms. The third kappa shape index (κ3) is 3.79. The van der Waals surface area contributed by atoms with E-state index < -0.39 is 24.3 Å². The number of anilines is 1. The van der Waals surface area contributed by atoms with Gasteiger partial charge in [-0.25, -0.2) is 0 Å². The van der Waals surface area contributed by atoms with E-state index in [1.165, 1.54) is 13.0 Å². The molecule has 0 aliphatic heterocycles. The number of halogens is 4. The van der Waals surface area contributed by atoms with E-state index in [1.807, 2.05) is 0 Å². The summed E-state index contributed by atoms with van der Waals surface area (Å²) in [4.78, 5) is 12.0. The first-order valence-electron chi connectivity index (χ1n) is 6.34. The molecule has 1 amide bonds. The van der Waals surface area contributed by atoms with Gasteiger partial charge in [0, 0.05) is 10.7 Å². The molecule has 0 radical (unpaired) electrons. The maximum atomic E-state index is 12.8. The van der Waals surface area contributed by atoms with Gasteiger partial charge in [-0.05, 0) is 37.6 Å². The molecular formula is C14H13ClF3N3O. The molecule has 118 valence electrons. The Bertz CT molecular complexity index is 710. The molecule has 0 bridgehead atoms. The zero-order valence-corrected chi connectivity index (χ0v) is 12.6. The normalized spacial score (nSPS) is 11.5. The Kier molecular flexibility index (Phi) is 4.46. The summed E-state index contributed by atoms with van der Waals surface area (Å²) in [7, 11) is 0. The van der Waals surface area contributed by atoms with Crippen molar-refractivity contribution >= 4 is 23.2 Å². The summed E-state index contributed by atoms with van der Waals surface area (Å²) < 4.78 is 39.2. The van der Waals surface area contributed by atoms with Gasteiger partial charge in [0.05, 0.1) is 5.69 Å². The van der Waals surface area contributed by atoms with Gasteiger partial charge in [-0.15, -0.1) is 0 Å². The van der Waals surface area contributed by atoms with Crippen molar-refractivity contribution in [3.05, 3.63) is 46.2 Å². The average Bonchev–Trinajstić information content (AvgIpc) is 2.74. The van der Waals surface area contributed by atoms with Crippen molar-refractivity contribution in [3.8, 4) is 0 Å². The molecule has 2 aromatic rings. The molecule has 0 saturated carbocycles. The number of carbonyl (C=O) groups is 1. The van der Waals surface area contributed by atoms with Gasteiger partial charge in [0.25, 0.3) is 0 Å². The fourth-order valence-corrected chi connectivity index (χ4v) is 2.12. The van der Waals surface area contributed by atoms with E-state index >= 15 is 0 Å². The highest BCUT2D eigenvalue weighted by molar-refractivity contribution is 6.31. The second-order valence-electron chi connectivity index (χ2n) is 4.83. The maximum Gasteiger partial charge on any atom is 0.433 e. The molecular weight excluding hydrogens is 319 g/mol. The van der Waals surface area contributed by atoms with Crippen LogP contribution in [0.4, 0.5) is 18.9 Å². The number of hydrogen-bond acceptors (Lipinski definition) is 2. The van der Waals surface area contributed by atoms with Crippen molar-refractivity contribution in [1.82, 2.24) is 9.78 Å². The van der Waals surface area contributed by atoms with Crippen LogP contribution < -0.4 is 5.32 Å². The van der Waals surface area contributed by atoms with Gasteiger partial charge < -0.3 is 5.32 Å². The summed E-state index contributed by atoms with van der Waals surface area (Å²) in [6.45, 7) is 2.66. The third-order valence-electron chi connectivity index (χ3n) is 2.96. The number of amides is 1. The number of benzene rings is 1. The number of aromatic nitrogens is 2. The summed E-state index contributed by atoms with van der Waals surface area (Å²) in [5.41, 5.74) is 0.447. The summed E-state index contributed by atoms with van der Waals surface area (Å²) in [6.07, 6.45) is -4.56. The molecule has 1 N–H and O–H groups in total. The number of nitrogens with one attached hydrogen (secondary N) is 1. The van der Waals surface area contributed by atoms with E-state index in [0.29, 0.717) is 15.4 Å². The zero-order valence-electron chi connectivity index (χ0n) is 11.8. The Morgan fingerprint density at radius 1 is 1.32 bits per heavy atom. The standard InChI is InChI=1S/C14H13ClF3N3O/c1-8-3-4-10(15)6-11(8)19-13(22)7-21-12(14(16,17)18)5-9(2)20-21/h3-6H,7H2,1-2H3,(H,19,22). The Hall–Kier alpha value is -2.02. The van der Waals surface area contributed by atoms with E-state index in [-0.39, 0.29) is 5.69 Å². The minimum absolute atomic E-state index is 0.194. The highest BCUT2D eigenvalue weighted by Gasteiger charge is 2.35. The van der Waals surface area contributed by atoms with Crippen LogP contribution in [0.5, 0.6) is 0 Å². The molecule has 0 spiro atoms.